The Balaban J connectivity index is 2.33. The zero-order chi connectivity index (χ0) is 17.9. The van der Waals surface area contributed by atoms with Crippen LogP contribution in [0.2, 0.25) is 0 Å². The van der Waals surface area contributed by atoms with E-state index in [9.17, 15) is 14.7 Å². The lowest BCUT2D eigenvalue weighted by atomic mass is 10.0. The molecule has 0 spiro atoms. The monoisotopic (exact) mass is 335 g/mol. The molecule has 1 aromatic rings. The Morgan fingerprint density at radius 2 is 2.04 bits per heavy atom. The molecule has 0 aliphatic carbocycles. The van der Waals surface area contributed by atoms with E-state index >= 15 is 0 Å². The Bertz CT molecular complexity index is 624. The van der Waals surface area contributed by atoms with E-state index in [1.165, 1.54) is 6.07 Å². The van der Waals surface area contributed by atoms with Crippen LogP contribution in [0.5, 0.6) is 0 Å². The molecule has 1 aromatic heterocycles. The number of rotatable bonds is 4. The van der Waals surface area contributed by atoms with Gasteiger partial charge in [-0.3, -0.25) is 9.59 Å². The second-order valence-corrected chi connectivity index (χ2v) is 7.26. The predicted octanol–water partition coefficient (Wildman–Crippen LogP) is 1.27. The number of likely N-dealkylation sites (N-methyl/N-ethyl adjacent to an activating group) is 1. The number of carbonyl (C=O) groups is 1. The average Bonchev–Trinajstić information content (AvgIpc) is 2.76. The van der Waals surface area contributed by atoms with E-state index in [4.69, 9.17) is 0 Å². The highest BCUT2D eigenvalue weighted by atomic mass is 16.3. The number of aliphatic hydroxyl groups excluding tert-OH is 1. The first-order chi connectivity index (χ1) is 11.3. The molecule has 2 heterocycles. The zero-order valence-electron chi connectivity index (χ0n) is 15.1. The molecule has 134 valence electrons. The summed E-state index contributed by atoms with van der Waals surface area (Å²) >= 11 is 0. The van der Waals surface area contributed by atoms with Gasteiger partial charge in [0.15, 0.2) is 0 Å². The third-order valence-corrected chi connectivity index (χ3v) is 4.85. The third kappa shape index (κ3) is 4.24. The summed E-state index contributed by atoms with van der Waals surface area (Å²) in [6, 6.07) is 3.31. The van der Waals surface area contributed by atoms with E-state index in [1.807, 2.05) is 32.8 Å². The molecular formula is C18H29N3O3. The summed E-state index contributed by atoms with van der Waals surface area (Å²) in [6.45, 7) is 5.20. The van der Waals surface area contributed by atoms with Gasteiger partial charge in [0.2, 0.25) is 5.56 Å². The minimum atomic E-state index is -0.189. The highest BCUT2D eigenvalue weighted by Gasteiger charge is 2.29. The molecule has 6 nitrogen and oxygen atoms in total. The van der Waals surface area contributed by atoms with E-state index in [2.05, 4.69) is 9.88 Å². The van der Waals surface area contributed by atoms with Gasteiger partial charge in [0, 0.05) is 37.5 Å². The van der Waals surface area contributed by atoms with Gasteiger partial charge in [0.25, 0.3) is 5.91 Å². The molecule has 2 rings (SSSR count). The Morgan fingerprint density at radius 1 is 1.33 bits per heavy atom. The van der Waals surface area contributed by atoms with Gasteiger partial charge in [-0.15, -0.1) is 0 Å². The van der Waals surface area contributed by atoms with Gasteiger partial charge in [-0.25, -0.2) is 0 Å². The summed E-state index contributed by atoms with van der Waals surface area (Å²) < 4.78 is 0. The Labute approximate surface area is 143 Å². The quantitative estimate of drug-likeness (QED) is 0.869. The molecule has 0 aromatic carbocycles. The fourth-order valence-electron chi connectivity index (χ4n) is 3.29. The topological polar surface area (TPSA) is 76.6 Å². The number of aromatic amines is 1. The second-order valence-electron chi connectivity index (χ2n) is 7.26. The molecule has 0 saturated carbocycles. The van der Waals surface area contributed by atoms with E-state index in [0.717, 1.165) is 12.8 Å². The van der Waals surface area contributed by atoms with E-state index < -0.39 is 0 Å². The van der Waals surface area contributed by atoms with E-state index in [1.54, 1.807) is 6.07 Å². The summed E-state index contributed by atoms with van der Waals surface area (Å²) in [5, 5.41) is 9.59. The lowest BCUT2D eigenvalue weighted by Gasteiger charge is -2.29. The van der Waals surface area contributed by atoms with Crippen LogP contribution in [0.15, 0.2) is 16.9 Å². The number of H-pyrrole nitrogens is 1. The molecule has 2 N–H and O–H groups in total. The Hall–Kier alpha value is -1.66. The maximum atomic E-state index is 13.1. The number of hydrogen-bond donors (Lipinski definition) is 2. The molecule has 1 fully saturated rings. The number of aliphatic hydroxyl groups is 1. The smallest absolute Gasteiger partial charge is 0.255 e. The molecule has 0 radical (unpaired) electrons. The predicted molar refractivity (Wildman–Crippen MR) is 94.3 cm³/mol. The molecule has 2 atom stereocenters. The summed E-state index contributed by atoms with van der Waals surface area (Å²) in [6.07, 6.45) is 1.87. The highest BCUT2D eigenvalue weighted by Crippen LogP contribution is 2.23. The van der Waals surface area contributed by atoms with Crippen LogP contribution in [0, 0.1) is 5.92 Å². The summed E-state index contributed by atoms with van der Waals surface area (Å²) in [4.78, 5) is 31.5. The molecule has 0 bridgehead atoms. The fraction of sp³-hybridized carbons (Fsp3) is 0.667. The lowest BCUT2D eigenvalue weighted by molar-refractivity contribution is 0.0687. The number of aromatic nitrogens is 1. The van der Waals surface area contributed by atoms with Crippen LogP contribution in [0.1, 0.15) is 48.7 Å². The number of nitrogens with zero attached hydrogens (tertiary/aromatic N) is 2. The van der Waals surface area contributed by atoms with Crippen molar-refractivity contribution in [2.45, 2.75) is 38.6 Å². The Morgan fingerprint density at radius 3 is 2.62 bits per heavy atom. The van der Waals surface area contributed by atoms with Gasteiger partial charge in [0.1, 0.15) is 0 Å². The van der Waals surface area contributed by atoms with Crippen molar-refractivity contribution in [1.29, 1.82) is 0 Å². The second kappa shape index (κ2) is 7.94. The number of likely N-dealkylation sites (tertiary alicyclic amines) is 1. The molecule has 1 aliphatic heterocycles. The van der Waals surface area contributed by atoms with Crippen LogP contribution in [-0.4, -0.2) is 65.6 Å². The van der Waals surface area contributed by atoms with Gasteiger partial charge in [-0.05, 0) is 44.8 Å². The summed E-state index contributed by atoms with van der Waals surface area (Å²) in [5.41, 5.74) is 1.05. The number of nitrogens with one attached hydrogen (secondary N) is 1. The van der Waals surface area contributed by atoms with E-state index in [-0.39, 0.29) is 36.0 Å². The van der Waals surface area contributed by atoms with Crippen molar-refractivity contribution >= 4 is 5.91 Å². The van der Waals surface area contributed by atoms with Gasteiger partial charge < -0.3 is 19.9 Å². The minimum Gasteiger partial charge on any atom is -0.396 e. The van der Waals surface area contributed by atoms with Gasteiger partial charge in [-0.1, -0.05) is 13.8 Å². The van der Waals surface area contributed by atoms with Crippen LogP contribution < -0.4 is 5.56 Å². The van der Waals surface area contributed by atoms with Gasteiger partial charge >= 0.3 is 0 Å². The van der Waals surface area contributed by atoms with Crippen molar-refractivity contribution < 1.29 is 9.90 Å². The van der Waals surface area contributed by atoms with E-state index in [0.29, 0.717) is 24.3 Å². The average molecular weight is 335 g/mol. The number of carbonyl (C=O) groups excluding carboxylic acids is 1. The van der Waals surface area contributed by atoms with Crippen LogP contribution in [0.25, 0.3) is 0 Å². The maximum absolute atomic E-state index is 13.1. The normalized spacial score (nSPS) is 22.0. The van der Waals surface area contributed by atoms with Crippen molar-refractivity contribution in [3.63, 3.8) is 0 Å². The summed E-state index contributed by atoms with van der Waals surface area (Å²) in [5.74, 6) is 0.0921. The van der Waals surface area contributed by atoms with Crippen molar-refractivity contribution in [3.8, 4) is 0 Å². The Kier molecular flexibility index (Phi) is 6.18. The number of amides is 1. The van der Waals surface area contributed by atoms with Gasteiger partial charge in [-0.2, -0.15) is 0 Å². The lowest BCUT2D eigenvalue weighted by Crippen LogP contribution is -2.43. The first kappa shape index (κ1) is 18.7. The first-order valence-corrected chi connectivity index (χ1v) is 8.63. The molecule has 1 amide bonds. The molecule has 24 heavy (non-hydrogen) atoms. The highest BCUT2D eigenvalue weighted by molar-refractivity contribution is 5.95. The van der Waals surface area contributed by atoms with Crippen molar-refractivity contribution in [2.75, 3.05) is 33.8 Å². The number of pyridine rings is 1. The fourth-order valence-corrected chi connectivity index (χ4v) is 3.29. The van der Waals surface area contributed by atoms with Crippen LogP contribution in [0.3, 0.4) is 0 Å². The van der Waals surface area contributed by atoms with Crippen molar-refractivity contribution in [3.05, 3.63) is 33.7 Å². The minimum absolute atomic E-state index is 0.0584. The first-order valence-electron chi connectivity index (χ1n) is 8.63. The molecule has 1 saturated heterocycles. The van der Waals surface area contributed by atoms with Gasteiger partial charge in [0.05, 0.1) is 5.56 Å². The maximum Gasteiger partial charge on any atom is 0.255 e. The van der Waals surface area contributed by atoms with Crippen LogP contribution in [0.4, 0.5) is 0 Å². The van der Waals surface area contributed by atoms with Crippen molar-refractivity contribution in [2.24, 2.45) is 5.92 Å². The van der Waals surface area contributed by atoms with Crippen LogP contribution in [-0.2, 0) is 0 Å². The van der Waals surface area contributed by atoms with Crippen molar-refractivity contribution in [1.82, 2.24) is 14.8 Å². The number of hydrogen-bond acceptors (Lipinski definition) is 4. The zero-order valence-corrected chi connectivity index (χ0v) is 15.1. The van der Waals surface area contributed by atoms with Crippen LogP contribution >= 0.6 is 0 Å². The standard InChI is InChI=1S/C18H29N3O3/c1-12(2)17-15(7-8-16(23)19-17)18(24)21-9-13(11-22)5-6-14(10-21)20(3)4/h7-8,12-14,22H,5-6,9-11H2,1-4H3,(H,19,23)/t13-,14+/m0/s1. The molecule has 0 unspecified atom stereocenters. The molecular weight excluding hydrogens is 306 g/mol. The third-order valence-electron chi connectivity index (χ3n) is 4.85. The molecule has 1 aliphatic rings. The largest absolute Gasteiger partial charge is 0.396 e. The SMILES string of the molecule is CC(C)c1[nH]c(=O)ccc1C(=O)N1C[C@@H](CO)CC[C@@H](N(C)C)C1. The molecule has 6 heteroatoms. The summed E-state index contributed by atoms with van der Waals surface area (Å²) in [7, 11) is 4.04.